The molecule has 0 unspecified atom stereocenters. The zero-order valence-corrected chi connectivity index (χ0v) is 11.9. The standard InChI is InChI=1S/C17H18O4/c1-13-8-9-16(15(12-13)17(18)19)21-11-5-10-20-14-6-3-2-4-7-14/h2-4,6-9,12H,5,10-11H2,1H3,(H,18,19). The quantitative estimate of drug-likeness (QED) is 0.791. The first-order chi connectivity index (χ1) is 10.2. The highest BCUT2D eigenvalue weighted by atomic mass is 16.5. The first-order valence-corrected chi connectivity index (χ1v) is 6.81. The molecule has 4 heteroatoms. The zero-order chi connectivity index (χ0) is 15.1. The molecular formula is C17H18O4. The zero-order valence-electron chi connectivity index (χ0n) is 11.9. The van der Waals surface area contributed by atoms with Gasteiger partial charge in [0.2, 0.25) is 0 Å². The summed E-state index contributed by atoms with van der Waals surface area (Å²) in [4.78, 5) is 11.1. The van der Waals surface area contributed by atoms with Crippen LogP contribution in [0, 0.1) is 6.92 Å². The van der Waals surface area contributed by atoms with Crippen LogP contribution in [0.5, 0.6) is 11.5 Å². The van der Waals surface area contributed by atoms with E-state index in [9.17, 15) is 4.79 Å². The molecule has 0 saturated carbocycles. The number of para-hydroxylation sites is 1. The topological polar surface area (TPSA) is 55.8 Å². The lowest BCUT2D eigenvalue weighted by atomic mass is 10.1. The normalized spacial score (nSPS) is 10.1. The number of hydrogen-bond acceptors (Lipinski definition) is 3. The van der Waals surface area contributed by atoms with Gasteiger partial charge in [-0.1, -0.05) is 29.8 Å². The van der Waals surface area contributed by atoms with Crippen LogP contribution in [0.25, 0.3) is 0 Å². The maximum Gasteiger partial charge on any atom is 0.339 e. The van der Waals surface area contributed by atoms with Gasteiger partial charge in [-0.15, -0.1) is 0 Å². The summed E-state index contributed by atoms with van der Waals surface area (Å²) in [6, 6.07) is 14.7. The van der Waals surface area contributed by atoms with Gasteiger partial charge in [-0.3, -0.25) is 0 Å². The molecule has 0 fully saturated rings. The Labute approximate surface area is 123 Å². The molecule has 0 aliphatic carbocycles. The number of benzene rings is 2. The summed E-state index contributed by atoms with van der Waals surface area (Å²) in [5.74, 6) is 0.237. The summed E-state index contributed by atoms with van der Waals surface area (Å²) in [7, 11) is 0. The van der Waals surface area contributed by atoms with Crippen molar-refractivity contribution in [2.24, 2.45) is 0 Å². The van der Waals surface area contributed by atoms with Gasteiger partial charge in [0.15, 0.2) is 0 Å². The van der Waals surface area contributed by atoms with Gasteiger partial charge in [-0.05, 0) is 31.2 Å². The minimum atomic E-state index is -0.978. The Morgan fingerprint density at radius 1 is 1.05 bits per heavy atom. The van der Waals surface area contributed by atoms with Crippen LogP contribution in [-0.4, -0.2) is 24.3 Å². The van der Waals surface area contributed by atoms with Crippen LogP contribution in [0.15, 0.2) is 48.5 Å². The fourth-order valence-corrected chi connectivity index (χ4v) is 1.88. The van der Waals surface area contributed by atoms with Crippen LogP contribution in [0.3, 0.4) is 0 Å². The number of carbonyl (C=O) groups is 1. The van der Waals surface area contributed by atoms with Crippen LogP contribution in [0.1, 0.15) is 22.3 Å². The van der Waals surface area contributed by atoms with Gasteiger partial charge in [0.1, 0.15) is 17.1 Å². The smallest absolute Gasteiger partial charge is 0.339 e. The van der Waals surface area contributed by atoms with Crippen LogP contribution >= 0.6 is 0 Å². The Morgan fingerprint density at radius 2 is 1.76 bits per heavy atom. The first-order valence-electron chi connectivity index (χ1n) is 6.81. The van der Waals surface area contributed by atoms with Crippen LogP contribution < -0.4 is 9.47 Å². The summed E-state index contributed by atoms with van der Waals surface area (Å²) in [6.07, 6.45) is 0.682. The molecular weight excluding hydrogens is 268 g/mol. The summed E-state index contributed by atoms with van der Waals surface area (Å²) in [5, 5.41) is 9.14. The van der Waals surface area contributed by atoms with Crippen LogP contribution in [-0.2, 0) is 0 Å². The lowest BCUT2D eigenvalue weighted by Gasteiger charge is -2.10. The predicted molar refractivity (Wildman–Crippen MR) is 80.2 cm³/mol. The molecule has 0 aromatic heterocycles. The van der Waals surface area contributed by atoms with E-state index in [1.54, 1.807) is 12.1 Å². The molecule has 0 spiro atoms. The SMILES string of the molecule is Cc1ccc(OCCCOc2ccccc2)c(C(=O)O)c1. The third kappa shape index (κ3) is 4.53. The third-order valence-electron chi connectivity index (χ3n) is 2.92. The molecule has 4 nitrogen and oxygen atoms in total. The molecule has 0 atom stereocenters. The Balaban J connectivity index is 1.80. The molecule has 2 aromatic carbocycles. The van der Waals surface area contributed by atoms with Crippen LogP contribution in [0.2, 0.25) is 0 Å². The number of aromatic carboxylic acids is 1. The number of rotatable bonds is 7. The van der Waals surface area contributed by atoms with Gasteiger partial charge in [0.25, 0.3) is 0 Å². The minimum Gasteiger partial charge on any atom is -0.493 e. The molecule has 110 valence electrons. The van der Waals surface area contributed by atoms with Crippen molar-refractivity contribution in [3.8, 4) is 11.5 Å². The summed E-state index contributed by atoms with van der Waals surface area (Å²) >= 11 is 0. The lowest BCUT2D eigenvalue weighted by molar-refractivity contribution is 0.0692. The fourth-order valence-electron chi connectivity index (χ4n) is 1.88. The number of carboxylic acid groups (broad SMARTS) is 1. The summed E-state index contributed by atoms with van der Waals surface area (Å²) in [6.45, 7) is 2.79. The Kier molecular flexibility index (Phi) is 5.21. The Bertz CT molecular complexity index is 593. The molecule has 0 amide bonds. The number of hydrogen-bond donors (Lipinski definition) is 1. The number of ether oxygens (including phenoxy) is 2. The highest BCUT2D eigenvalue weighted by Crippen LogP contribution is 2.20. The molecule has 0 saturated heterocycles. The molecule has 0 bridgehead atoms. The Morgan fingerprint density at radius 3 is 2.48 bits per heavy atom. The van der Waals surface area contributed by atoms with E-state index in [0.717, 1.165) is 11.3 Å². The number of aryl methyl sites for hydroxylation is 1. The lowest BCUT2D eigenvalue weighted by Crippen LogP contribution is -2.08. The maximum absolute atomic E-state index is 11.1. The van der Waals surface area contributed by atoms with E-state index in [-0.39, 0.29) is 5.56 Å². The van der Waals surface area contributed by atoms with Crippen LogP contribution in [0.4, 0.5) is 0 Å². The van der Waals surface area contributed by atoms with E-state index < -0.39 is 5.97 Å². The minimum absolute atomic E-state index is 0.193. The second kappa shape index (κ2) is 7.33. The van der Waals surface area contributed by atoms with Crippen molar-refractivity contribution in [3.05, 3.63) is 59.7 Å². The monoisotopic (exact) mass is 286 g/mol. The molecule has 0 radical (unpaired) electrons. The van der Waals surface area contributed by atoms with E-state index in [1.165, 1.54) is 0 Å². The highest BCUT2D eigenvalue weighted by Gasteiger charge is 2.11. The van der Waals surface area contributed by atoms with Crippen molar-refractivity contribution in [2.75, 3.05) is 13.2 Å². The summed E-state index contributed by atoms with van der Waals surface area (Å²) < 4.78 is 11.1. The molecule has 21 heavy (non-hydrogen) atoms. The molecule has 1 N–H and O–H groups in total. The summed E-state index contributed by atoms with van der Waals surface area (Å²) in [5.41, 5.74) is 1.09. The predicted octanol–water partition coefficient (Wildman–Crippen LogP) is 3.54. The molecule has 0 aliphatic rings. The average molecular weight is 286 g/mol. The Hall–Kier alpha value is -2.49. The van der Waals surface area contributed by atoms with E-state index in [2.05, 4.69) is 0 Å². The van der Waals surface area contributed by atoms with Crippen molar-refractivity contribution in [3.63, 3.8) is 0 Å². The third-order valence-corrected chi connectivity index (χ3v) is 2.92. The second-order valence-corrected chi connectivity index (χ2v) is 4.67. The van der Waals surface area contributed by atoms with Gasteiger partial charge >= 0.3 is 5.97 Å². The van der Waals surface area contributed by atoms with Gasteiger partial charge in [-0.2, -0.15) is 0 Å². The van der Waals surface area contributed by atoms with E-state index in [1.807, 2.05) is 43.3 Å². The molecule has 2 rings (SSSR count). The van der Waals surface area contributed by atoms with Crippen molar-refractivity contribution in [2.45, 2.75) is 13.3 Å². The fraction of sp³-hybridized carbons (Fsp3) is 0.235. The second-order valence-electron chi connectivity index (χ2n) is 4.67. The van der Waals surface area contributed by atoms with E-state index in [0.29, 0.717) is 25.4 Å². The van der Waals surface area contributed by atoms with Gasteiger partial charge in [0.05, 0.1) is 13.2 Å². The van der Waals surface area contributed by atoms with Gasteiger partial charge in [0, 0.05) is 6.42 Å². The van der Waals surface area contributed by atoms with E-state index >= 15 is 0 Å². The molecule has 0 aliphatic heterocycles. The largest absolute Gasteiger partial charge is 0.493 e. The molecule has 2 aromatic rings. The van der Waals surface area contributed by atoms with Gasteiger partial charge < -0.3 is 14.6 Å². The van der Waals surface area contributed by atoms with Gasteiger partial charge in [-0.25, -0.2) is 4.79 Å². The molecule has 0 heterocycles. The average Bonchev–Trinajstić information content (AvgIpc) is 2.49. The van der Waals surface area contributed by atoms with Crippen molar-refractivity contribution in [1.82, 2.24) is 0 Å². The highest BCUT2D eigenvalue weighted by molar-refractivity contribution is 5.91. The first kappa shape index (κ1) is 14.9. The van der Waals surface area contributed by atoms with Crippen molar-refractivity contribution in [1.29, 1.82) is 0 Å². The van der Waals surface area contributed by atoms with Crippen molar-refractivity contribution < 1.29 is 19.4 Å². The van der Waals surface area contributed by atoms with E-state index in [4.69, 9.17) is 14.6 Å². The number of carboxylic acids is 1. The maximum atomic E-state index is 11.1. The van der Waals surface area contributed by atoms with Crippen molar-refractivity contribution >= 4 is 5.97 Å².